The zero-order valence-electron chi connectivity index (χ0n) is 43.5. The standard InChI is InChI=1S/C59H108O6/c1-4-7-10-13-16-19-22-24-26-27-28-29-30-31-32-33-34-36-37-40-43-46-49-52-58(61)64-55-56(54-63-57(60)51-48-45-42-39-21-18-15-12-9-6-3)65-59(62)53-50-47-44-41-38-35-25-23-20-17-14-11-8-5-2/h14,17,23,25,27-28,56H,4-13,15-16,18-22,24,26,29-55H2,1-3H3/b17-14-,25-23-,28-27-. The van der Waals surface area contributed by atoms with Gasteiger partial charge in [0, 0.05) is 19.3 Å². The van der Waals surface area contributed by atoms with Gasteiger partial charge in [-0.1, -0.05) is 250 Å². The van der Waals surface area contributed by atoms with E-state index in [1.807, 2.05) is 0 Å². The Morgan fingerprint density at radius 1 is 0.308 bits per heavy atom. The summed E-state index contributed by atoms with van der Waals surface area (Å²) in [6.45, 7) is 6.60. The van der Waals surface area contributed by atoms with Gasteiger partial charge in [-0.15, -0.1) is 0 Å². The van der Waals surface area contributed by atoms with Crippen molar-refractivity contribution in [3.05, 3.63) is 36.5 Å². The van der Waals surface area contributed by atoms with Crippen LogP contribution in [0.2, 0.25) is 0 Å². The first-order valence-electron chi connectivity index (χ1n) is 28.5. The fourth-order valence-corrected chi connectivity index (χ4v) is 8.28. The molecule has 0 saturated carbocycles. The summed E-state index contributed by atoms with van der Waals surface area (Å²) in [5.74, 6) is -0.878. The number of rotatable bonds is 52. The molecule has 0 aromatic heterocycles. The number of unbranched alkanes of at least 4 members (excludes halogenated alkanes) is 35. The summed E-state index contributed by atoms with van der Waals surface area (Å²) in [6.07, 6.45) is 64.3. The van der Waals surface area contributed by atoms with E-state index in [1.165, 1.54) is 180 Å². The fourth-order valence-electron chi connectivity index (χ4n) is 8.28. The lowest BCUT2D eigenvalue weighted by molar-refractivity contribution is -0.167. The van der Waals surface area contributed by atoms with E-state index in [2.05, 4.69) is 57.2 Å². The molecule has 0 spiro atoms. The maximum atomic E-state index is 12.8. The predicted octanol–water partition coefficient (Wildman–Crippen LogP) is 18.9. The Morgan fingerprint density at radius 2 is 0.569 bits per heavy atom. The molecule has 0 amide bonds. The molecule has 0 fully saturated rings. The van der Waals surface area contributed by atoms with Gasteiger partial charge < -0.3 is 14.2 Å². The van der Waals surface area contributed by atoms with Crippen molar-refractivity contribution < 1.29 is 28.6 Å². The van der Waals surface area contributed by atoms with Crippen LogP contribution in [0.5, 0.6) is 0 Å². The van der Waals surface area contributed by atoms with Crippen molar-refractivity contribution in [3.63, 3.8) is 0 Å². The second-order valence-electron chi connectivity index (χ2n) is 19.2. The van der Waals surface area contributed by atoms with Crippen molar-refractivity contribution >= 4 is 17.9 Å². The van der Waals surface area contributed by atoms with E-state index in [9.17, 15) is 14.4 Å². The summed E-state index contributed by atoms with van der Waals surface area (Å²) in [5.41, 5.74) is 0. The Hall–Kier alpha value is -2.37. The highest BCUT2D eigenvalue weighted by molar-refractivity contribution is 5.71. The molecule has 6 heteroatoms. The smallest absolute Gasteiger partial charge is 0.306 e. The SMILES string of the molecule is CCCC/C=C\C/C=C\CCCCCCCC(=O)OC(COC(=O)CCCCCCCCCCCC)COC(=O)CCCCCCCCCCCCC/C=C\CCCCCCCCCC. The molecule has 6 nitrogen and oxygen atoms in total. The third-order valence-corrected chi connectivity index (χ3v) is 12.6. The average Bonchev–Trinajstić information content (AvgIpc) is 3.30. The molecule has 65 heavy (non-hydrogen) atoms. The Morgan fingerprint density at radius 3 is 0.908 bits per heavy atom. The largest absolute Gasteiger partial charge is 0.462 e. The quantitative estimate of drug-likeness (QED) is 0.0262. The molecule has 0 radical (unpaired) electrons. The van der Waals surface area contributed by atoms with Crippen molar-refractivity contribution in [2.24, 2.45) is 0 Å². The number of carbonyl (C=O) groups is 3. The van der Waals surface area contributed by atoms with Crippen molar-refractivity contribution in [2.45, 2.75) is 309 Å². The molecule has 380 valence electrons. The molecule has 0 rings (SSSR count). The van der Waals surface area contributed by atoms with Crippen molar-refractivity contribution in [3.8, 4) is 0 Å². The monoisotopic (exact) mass is 913 g/mol. The third kappa shape index (κ3) is 52.5. The van der Waals surface area contributed by atoms with Gasteiger partial charge in [-0.05, 0) is 70.6 Å². The van der Waals surface area contributed by atoms with Crippen LogP contribution in [0.25, 0.3) is 0 Å². The zero-order valence-corrected chi connectivity index (χ0v) is 43.5. The van der Waals surface area contributed by atoms with E-state index in [4.69, 9.17) is 14.2 Å². The number of hydrogen-bond acceptors (Lipinski definition) is 6. The van der Waals surface area contributed by atoms with Crippen molar-refractivity contribution in [2.75, 3.05) is 13.2 Å². The molecule has 0 bridgehead atoms. The van der Waals surface area contributed by atoms with Crippen LogP contribution < -0.4 is 0 Å². The van der Waals surface area contributed by atoms with E-state index in [-0.39, 0.29) is 31.1 Å². The van der Waals surface area contributed by atoms with Gasteiger partial charge >= 0.3 is 17.9 Å². The number of ether oxygens (including phenoxy) is 3. The van der Waals surface area contributed by atoms with Crippen LogP contribution >= 0.6 is 0 Å². The normalized spacial score (nSPS) is 12.2. The van der Waals surface area contributed by atoms with Gasteiger partial charge in [0.2, 0.25) is 0 Å². The van der Waals surface area contributed by atoms with Gasteiger partial charge in [0.1, 0.15) is 13.2 Å². The van der Waals surface area contributed by atoms with Crippen molar-refractivity contribution in [1.29, 1.82) is 0 Å². The maximum absolute atomic E-state index is 12.8. The van der Waals surface area contributed by atoms with Crippen LogP contribution in [-0.4, -0.2) is 37.2 Å². The molecular formula is C59H108O6. The van der Waals surface area contributed by atoms with Crippen LogP contribution in [0, 0.1) is 0 Å². The van der Waals surface area contributed by atoms with Gasteiger partial charge in [0.05, 0.1) is 0 Å². The van der Waals surface area contributed by atoms with Gasteiger partial charge in [-0.25, -0.2) is 0 Å². The predicted molar refractivity (Wildman–Crippen MR) is 279 cm³/mol. The number of hydrogen-bond donors (Lipinski definition) is 0. The molecule has 0 heterocycles. The minimum absolute atomic E-state index is 0.0750. The molecule has 0 aromatic carbocycles. The molecule has 1 unspecified atom stereocenters. The number of allylic oxidation sites excluding steroid dienone is 6. The summed E-state index contributed by atoms with van der Waals surface area (Å²) in [7, 11) is 0. The Kier molecular flexibility index (Phi) is 52.3. The molecule has 0 aliphatic carbocycles. The molecule has 0 saturated heterocycles. The van der Waals surface area contributed by atoms with Crippen LogP contribution in [0.3, 0.4) is 0 Å². The highest BCUT2D eigenvalue weighted by Gasteiger charge is 2.19. The molecular weight excluding hydrogens is 805 g/mol. The molecule has 0 N–H and O–H groups in total. The fraction of sp³-hybridized carbons (Fsp3) is 0.847. The van der Waals surface area contributed by atoms with Crippen molar-refractivity contribution in [1.82, 2.24) is 0 Å². The number of carbonyl (C=O) groups excluding carboxylic acids is 3. The molecule has 0 aliphatic heterocycles. The molecule has 0 aliphatic rings. The van der Waals surface area contributed by atoms with Gasteiger partial charge in [0.15, 0.2) is 6.10 Å². The summed E-state index contributed by atoms with van der Waals surface area (Å²) >= 11 is 0. The maximum Gasteiger partial charge on any atom is 0.306 e. The lowest BCUT2D eigenvalue weighted by Gasteiger charge is -2.18. The molecule has 0 aromatic rings. The van der Waals surface area contributed by atoms with Gasteiger partial charge in [-0.2, -0.15) is 0 Å². The van der Waals surface area contributed by atoms with Gasteiger partial charge in [0.25, 0.3) is 0 Å². The van der Waals surface area contributed by atoms with E-state index in [0.29, 0.717) is 19.3 Å². The first-order chi connectivity index (χ1) is 32.0. The Bertz CT molecular complexity index is 1090. The van der Waals surface area contributed by atoms with Gasteiger partial charge in [-0.3, -0.25) is 14.4 Å². The van der Waals surface area contributed by atoms with Crippen LogP contribution in [-0.2, 0) is 28.6 Å². The van der Waals surface area contributed by atoms with Crippen LogP contribution in [0.4, 0.5) is 0 Å². The minimum Gasteiger partial charge on any atom is -0.462 e. The average molecular weight is 914 g/mol. The first-order valence-corrected chi connectivity index (χ1v) is 28.5. The van der Waals surface area contributed by atoms with Crippen LogP contribution in [0.1, 0.15) is 303 Å². The summed E-state index contributed by atoms with van der Waals surface area (Å²) in [4.78, 5) is 38.0. The summed E-state index contributed by atoms with van der Waals surface area (Å²) in [5, 5.41) is 0. The summed E-state index contributed by atoms with van der Waals surface area (Å²) < 4.78 is 16.8. The topological polar surface area (TPSA) is 78.9 Å². The van der Waals surface area contributed by atoms with E-state index in [1.54, 1.807) is 0 Å². The second-order valence-corrected chi connectivity index (χ2v) is 19.2. The third-order valence-electron chi connectivity index (χ3n) is 12.6. The summed E-state index contributed by atoms with van der Waals surface area (Å²) in [6, 6.07) is 0. The van der Waals surface area contributed by atoms with E-state index < -0.39 is 6.10 Å². The lowest BCUT2D eigenvalue weighted by atomic mass is 10.0. The minimum atomic E-state index is -0.775. The molecule has 1 atom stereocenters. The highest BCUT2D eigenvalue weighted by atomic mass is 16.6. The first kappa shape index (κ1) is 62.6. The second kappa shape index (κ2) is 54.2. The van der Waals surface area contributed by atoms with E-state index >= 15 is 0 Å². The Balaban J connectivity index is 4.22. The number of esters is 3. The Labute approximate surface area is 404 Å². The highest BCUT2D eigenvalue weighted by Crippen LogP contribution is 2.16. The van der Waals surface area contributed by atoms with E-state index in [0.717, 1.165) is 83.5 Å². The lowest BCUT2D eigenvalue weighted by Crippen LogP contribution is -2.30. The zero-order chi connectivity index (χ0) is 47.2. The van der Waals surface area contributed by atoms with Crippen LogP contribution in [0.15, 0.2) is 36.5 Å².